The smallest absolute Gasteiger partial charge is 0.437 e. The monoisotopic (exact) mass is 568 g/mol. The number of H-pyrrole nitrogens is 1. The van der Waals surface area contributed by atoms with Crippen molar-refractivity contribution in [1.29, 1.82) is 0 Å². The second-order valence-corrected chi connectivity index (χ2v) is 10.2. The summed E-state index contributed by atoms with van der Waals surface area (Å²) in [5.74, 6) is -0.362. The van der Waals surface area contributed by atoms with Gasteiger partial charge in [0.2, 0.25) is 5.06 Å². The maximum Gasteiger partial charge on any atom is 0.514 e. The van der Waals surface area contributed by atoms with Crippen molar-refractivity contribution in [2.24, 2.45) is 0 Å². The number of methoxy groups -OCH3 is 2. The van der Waals surface area contributed by atoms with Crippen molar-refractivity contribution in [3.63, 3.8) is 0 Å². The van der Waals surface area contributed by atoms with Crippen LogP contribution in [0.4, 0.5) is 9.93 Å². The lowest BCUT2D eigenvalue weighted by Crippen LogP contribution is -2.55. The number of nitrogens with one attached hydrogen (secondary N) is 2. The molecule has 3 aromatic heterocycles. The van der Waals surface area contributed by atoms with Crippen LogP contribution in [-0.4, -0.2) is 71.5 Å². The van der Waals surface area contributed by atoms with E-state index in [4.69, 9.17) is 37.7 Å². The van der Waals surface area contributed by atoms with E-state index in [1.165, 1.54) is 18.4 Å². The van der Waals surface area contributed by atoms with Crippen molar-refractivity contribution >= 4 is 51.7 Å². The van der Waals surface area contributed by atoms with Gasteiger partial charge in [-0.1, -0.05) is 34.5 Å². The zero-order valence-corrected chi connectivity index (χ0v) is 23.2. The minimum atomic E-state index is -0.858. The fourth-order valence-electron chi connectivity index (χ4n) is 4.06. The number of ether oxygens (including phenoxy) is 3. The number of carbonyl (C=O) groups excluding carboxylic acids is 2. The number of rotatable bonds is 6. The van der Waals surface area contributed by atoms with Crippen LogP contribution < -0.4 is 15.0 Å². The molecule has 2 N–H and O–H groups in total. The van der Waals surface area contributed by atoms with Gasteiger partial charge in [-0.15, -0.1) is 0 Å². The largest absolute Gasteiger partial charge is 0.514 e. The fourth-order valence-corrected chi connectivity index (χ4v) is 5.42. The molecule has 37 heavy (non-hydrogen) atoms. The van der Waals surface area contributed by atoms with Gasteiger partial charge in [0.25, 0.3) is 5.91 Å². The summed E-state index contributed by atoms with van der Waals surface area (Å²) in [6.45, 7) is 6.40. The predicted octanol–water partition coefficient (Wildman–Crippen LogP) is 4.33. The van der Waals surface area contributed by atoms with Gasteiger partial charge in [0, 0.05) is 32.1 Å². The van der Waals surface area contributed by atoms with Crippen LogP contribution in [0, 0.1) is 20.8 Å². The van der Waals surface area contributed by atoms with E-state index < -0.39 is 6.16 Å². The molecule has 1 amide bonds. The Bertz CT molecular complexity index is 1330. The first-order valence-corrected chi connectivity index (χ1v) is 12.9. The quantitative estimate of drug-likeness (QED) is 0.417. The van der Waals surface area contributed by atoms with Crippen molar-refractivity contribution in [1.82, 2.24) is 25.3 Å². The molecule has 4 rings (SSSR count). The topological polar surface area (TPSA) is 132 Å². The van der Waals surface area contributed by atoms with E-state index >= 15 is 0 Å². The Hall–Kier alpha value is -2.93. The second-order valence-electron chi connectivity index (χ2n) is 8.48. The first-order valence-electron chi connectivity index (χ1n) is 11.3. The Morgan fingerprint density at radius 2 is 1.92 bits per heavy atom. The molecule has 14 heteroatoms. The summed E-state index contributed by atoms with van der Waals surface area (Å²) in [5.41, 5.74) is 3.15. The number of aromatic nitrogens is 4. The van der Waals surface area contributed by atoms with E-state index in [1.54, 1.807) is 20.2 Å². The molecule has 4 heterocycles. The molecule has 1 saturated heterocycles. The summed E-state index contributed by atoms with van der Waals surface area (Å²) in [6, 6.07) is -0.275. The number of piperidine rings is 1. The molecular weight excluding hydrogens is 543 g/mol. The number of carbonyl (C=O) groups is 2. The van der Waals surface area contributed by atoms with E-state index in [2.05, 4.69) is 25.0 Å². The van der Waals surface area contributed by atoms with Gasteiger partial charge in [-0.2, -0.15) is 0 Å². The highest BCUT2D eigenvalue weighted by Gasteiger charge is 2.34. The van der Waals surface area contributed by atoms with Crippen LogP contribution in [-0.2, 0) is 9.47 Å². The molecule has 198 valence electrons. The zero-order valence-electron chi connectivity index (χ0n) is 20.8. The van der Waals surface area contributed by atoms with Gasteiger partial charge in [0.05, 0.1) is 40.7 Å². The third-order valence-electron chi connectivity index (χ3n) is 5.95. The Morgan fingerprint density at radius 3 is 2.54 bits per heavy atom. The molecule has 2 atom stereocenters. The fraction of sp³-hybridized carbons (Fsp3) is 0.435. The molecule has 11 nitrogen and oxygen atoms in total. The molecule has 0 aliphatic carbocycles. The number of hydrogen-bond acceptors (Lipinski definition) is 10. The molecule has 0 aromatic carbocycles. The molecule has 1 aliphatic heterocycles. The standard InChI is InChI=1S/C23H26Cl2N6O5S/c1-10-8-26-17(12(3)27-10)19-21(36-23(33)35-5)37-22(30-19)31-7-6-13(14(9-31)34-4)29-20(32)18-16(25)15(24)11(2)28-18/h8,13-14,28H,6-7,9H2,1-5H3,(H,29,32)/t13-,14+/m1/s1. The highest BCUT2D eigenvalue weighted by atomic mass is 35.5. The van der Waals surface area contributed by atoms with Gasteiger partial charge in [0.1, 0.15) is 17.1 Å². The van der Waals surface area contributed by atoms with Gasteiger partial charge < -0.3 is 29.4 Å². The minimum Gasteiger partial charge on any atom is -0.437 e. The summed E-state index contributed by atoms with van der Waals surface area (Å²) in [7, 11) is 2.82. The third-order valence-corrected chi connectivity index (χ3v) is 7.89. The van der Waals surface area contributed by atoms with Gasteiger partial charge in [-0.3, -0.25) is 14.8 Å². The molecule has 1 aliphatic rings. The molecule has 1 fully saturated rings. The van der Waals surface area contributed by atoms with E-state index in [0.29, 0.717) is 52.4 Å². The summed E-state index contributed by atoms with van der Waals surface area (Å²) in [6.07, 6.45) is 0.995. The highest BCUT2D eigenvalue weighted by Crippen LogP contribution is 2.40. The lowest BCUT2D eigenvalue weighted by molar-refractivity contribution is 0.0540. The lowest BCUT2D eigenvalue weighted by atomic mass is 10.0. The zero-order chi connectivity index (χ0) is 26.9. The second kappa shape index (κ2) is 11.2. The number of halogens is 2. The van der Waals surface area contributed by atoms with Gasteiger partial charge in [0.15, 0.2) is 5.13 Å². The number of aryl methyl sites for hydroxylation is 3. The van der Waals surface area contributed by atoms with Crippen molar-refractivity contribution in [2.45, 2.75) is 39.3 Å². The van der Waals surface area contributed by atoms with Crippen molar-refractivity contribution in [3.05, 3.63) is 39.0 Å². The third kappa shape index (κ3) is 5.66. The average molecular weight is 569 g/mol. The predicted molar refractivity (Wildman–Crippen MR) is 140 cm³/mol. The van der Waals surface area contributed by atoms with Crippen LogP contribution in [0.1, 0.15) is 34.0 Å². The first kappa shape index (κ1) is 27.1. The summed E-state index contributed by atoms with van der Waals surface area (Å²) in [4.78, 5) is 43.3. The van der Waals surface area contributed by atoms with E-state index in [-0.39, 0.29) is 33.8 Å². The first-order chi connectivity index (χ1) is 17.6. The number of aromatic amines is 1. The van der Waals surface area contributed by atoms with Crippen LogP contribution in [0.5, 0.6) is 5.06 Å². The maximum atomic E-state index is 12.9. The van der Waals surface area contributed by atoms with Crippen molar-refractivity contribution < 1.29 is 23.8 Å². The number of hydrogen-bond donors (Lipinski definition) is 2. The molecule has 3 aromatic rings. The van der Waals surface area contributed by atoms with E-state index in [1.807, 2.05) is 18.7 Å². The van der Waals surface area contributed by atoms with Crippen molar-refractivity contribution in [3.8, 4) is 16.5 Å². The van der Waals surface area contributed by atoms with Crippen LogP contribution in [0.25, 0.3) is 11.4 Å². The van der Waals surface area contributed by atoms with Gasteiger partial charge in [-0.05, 0) is 27.2 Å². The molecule has 0 saturated carbocycles. The van der Waals surface area contributed by atoms with Gasteiger partial charge >= 0.3 is 6.16 Å². The number of anilines is 1. The molecule has 0 spiro atoms. The number of nitrogens with zero attached hydrogens (tertiary/aromatic N) is 4. The number of amides is 1. The molecule has 0 unspecified atom stereocenters. The normalized spacial score (nSPS) is 17.5. The molecular formula is C23H26Cl2N6O5S. The van der Waals surface area contributed by atoms with Crippen LogP contribution in [0.15, 0.2) is 6.20 Å². The van der Waals surface area contributed by atoms with Crippen molar-refractivity contribution in [2.75, 3.05) is 32.2 Å². The summed E-state index contributed by atoms with van der Waals surface area (Å²) >= 11 is 13.5. The Kier molecular flexibility index (Phi) is 8.22. The lowest BCUT2D eigenvalue weighted by Gasteiger charge is -2.37. The van der Waals surface area contributed by atoms with Crippen LogP contribution >= 0.6 is 34.5 Å². The summed E-state index contributed by atoms with van der Waals surface area (Å²) in [5, 5.41) is 4.36. The Balaban J connectivity index is 1.55. The van der Waals surface area contributed by atoms with E-state index in [9.17, 15) is 9.59 Å². The van der Waals surface area contributed by atoms with Gasteiger partial charge in [-0.25, -0.2) is 9.78 Å². The number of thiazole rings is 1. The SMILES string of the molecule is COC(=O)Oc1sc(N2CC[C@@H](NC(=O)c3[nH]c(C)c(Cl)c3Cl)[C@@H](OC)C2)nc1-c1ncc(C)nc1C. The Morgan fingerprint density at radius 1 is 1.16 bits per heavy atom. The van der Waals surface area contributed by atoms with E-state index in [0.717, 1.165) is 5.69 Å². The minimum absolute atomic E-state index is 0.186. The maximum absolute atomic E-state index is 12.9. The van der Waals surface area contributed by atoms with Crippen LogP contribution in [0.2, 0.25) is 10.0 Å². The van der Waals surface area contributed by atoms with Crippen LogP contribution in [0.3, 0.4) is 0 Å². The molecule has 0 bridgehead atoms. The average Bonchev–Trinajstić information content (AvgIpc) is 3.40. The Labute approximate surface area is 227 Å². The molecule has 0 radical (unpaired) electrons. The summed E-state index contributed by atoms with van der Waals surface area (Å²) < 4.78 is 15.8. The highest BCUT2D eigenvalue weighted by molar-refractivity contribution is 7.18.